The highest BCUT2D eigenvalue weighted by Crippen LogP contribution is 2.27. The molecule has 0 saturated carbocycles. The van der Waals surface area contributed by atoms with E-state index in [-0.39, 0.29) is 0 Å². The molecule has 92 valence electrons. The van der Waals surface area contributed by atoms with Crippen LogP contribution in [0.4, 0.5) is 5.95 Å². The van der Waals surface area contributed by atoms with E-state index in [1.165, 1.54) is 0 Å². The molecular formula is C12H13N5O. The van der Waals surface area contributed by atoms with Crippen molar-refractivity contribution in [3.05, 3.63) is 24.0 Å². The van der Waals surface area contributed by atoms with Gasteiger partial charge in [-0.2, -0.15) is 4.52 Å². The minimum Gasteiger partial charge on any atom is -0.494 e. The highest BCUT2D eigenvalue weighted by molar-refractivity contribution is 5.95. The Morgan fingerprint density at radius 1 is 1.33 bits per heavy atom. The van der Waals surface area contributed by atoms with E-state index >= 15 is 0 Å². The number of nitrogen functional groups attached to an aromatic ring is 1. The van der Waals surface area contributed by atoms with Crippen LogP contribution in [0.5, 0.6) is 5.75 Å². The van der Waals surface area contributed by atoms with Gasteiger partial charge < -0.3 is 10.5 Å². The average molecular weight is 243 g/mol. The number of benzene rings is 1. The van der Waals surface area contributed by atoms with Crippen LogP contribution in [0, 0.1) is 0 Å². The highest BCUT2D eigenvalue weighted by Gasteiger charge is 2.13. The smallest absolute Gasteiger partial charge is 0.223 e. The molecule has 2 aromatic heterocycles. The van der Waals surface area contributed by atoms with Crippen molar-refractivity contribution in [2.75, 3.05) is 12.8 Å². The SMILES string of the molecule is CCc1nc2c3cccc(OC)c3nc(N)n2n1. The van der Waals surface area contributed by atoms with Gasteiger partial charge in [0.25, 0.3) is 0 Å². The minimum atomic E-state index is 0.314. The number of para-hydroxylation sites is 1. The molecule has 0 radical (unpaired) electrons. The molecule has 6 nitrogen and oxygen atoms in total. The Kier molecular flexibility index (Phi) is 2.29. The molecule has 0 aliphatic rings. The second-order valence-electron chi connectivity index (χ2n) is 3.94. The summed E-state index contributed by atoms with van der Waals surface area (Å²) in [7, 11) is 1.61. The van der Waals surface area contributed by atoms with Gasteiger partial charge in [-0.25, -0.2) is 9.97 Å². The van der Waals surface area contributed by atoms with Crippen molar-refractivity contribution < 1.29 is 4.74 Å². The molecule has 3 rings (SSSR count). The van der Waals surface area contributed by atoms with E-state index in [0.717, 1.165) is 17.6 Å². The van der Waals surface area contributed by atoms with Gasteiger partial charge in [0.15, 0.2) is 11.5 Å². The molecule has 0 bridgehead atoms. The standard InChI is InChI=1S/C12H13N5O/c1-3-9-14-11-7-5-4-6-8(18-2)10(7)15-12(13)17(11)16-9/h4-6H,3H2,1-2H3,(H2,13,15). The molecule has 1 aromatic carbocycles. The average Bonchev–Trinajstić information content (AvgIpc) is 2.83. The van der Waals surface area contributed by atoms with Gasteiger partial charge in [-0.15, -0.1) is 5.10 Å². The maximum absolute atomic E-state index is 5.91. The Bertz CT molecular complexity index is 734. The monoisotopic (exact) mass is 243 g/mol. The number of methoxy groups -OCH3 is 1. The number of hydrogen-bond donors (Lipinski definition) is 1. The van der Waals surface area contributed by atoms with E-state index in [4.69, 9.17) is 10.5 Å². The van der Waals surface area contributed by atoms with Gasteiger partial charge in [-0.3, -0.25) is 0 Å². The molecule has 6 heteroatoms. The summed E-state index contributed by atoms with van der Waals surface area (Å²) in [4.78, 5) is 8.81. The summed E-state index contributed by atoms with van der Waals surface area (Å²) < 4.78 is 6.86. The lowest BCUT2D eigenvalue weighted by Gasteiger charge is -2.06. The molecule has 0 fully saturated rings. The zero-order valence-corrected chi connectivity index (χ0v) is 10.2. The molecule has 2 N–H and O–H groups in total. The van der Waals surface area contributed by atoms with E-state index in [1.54, 1.807) is 11.6 Å². The number of ether oxygens (including phenoxy) is 1. The Morgan fingerprint density at radius 2 is 2.17 bits per heavy atom. The van der Waals surface area contributed by atoms with Crippen LogP contribution in [0.3, 0.4) is 0 Å². The number of nitrogens with two attached hydrogens (primary N) is 1. The second kappa shape index (κ2) is 3.83. The number of anilines is 1. The van der Waals surface area contributed by atoms with Crippen molar-refractivity contribution in [2.24, 2.45) is 0 Å². The predicted octanol–water partition coefficient (Wildman–Crippen LogP) is 1.43. The number of aryl methyl sites for hydroxylation is 1. The van der Waals surface area contributed by atoms with Gasteiger partial charge in [0, 0.05) is 11.8 Å². The Balaban J connectivity index is 2.49. The Labute approximate surface area is 103 Å². The van der Waals surface area contributed by atoms with Crippen LogP contribution < -0.4 is 10.5 Å². The summed E-state index contributed by atoms with van der Waals surface area (Å²) in [6.45, 7) is 2.00. The predicted molar refractivity (Wildman–Crippen MR) is 68.6 cm³/mol. The van der Waals surface area contributed by atoms with Crippen LogP contribution in [-0.4, -0.2) is 26.7 Å². The lowest BCUT2D eigenvalue weighted by molar-refractivity contribution is 0.419. The first-order chi connectivity index (χ1) is 8.74. The lowest BCUT2D eigenvalue weighted by Crippen LogP contribution is -2.03. The van der Waals surface area contributed by atoms with Gasteiger partial charge in [0.2, 0.25) is 5.95 Å². The van der Waals surface area contributed by atoms with Crippen molar-refractivity contribution in [2.45, 2.75) is 13.3 Å². The quantitative estimate of drug-likeness (QED) is 0.736. The second-order valence-corrected chi connectivity index (χ2v) is 3.94. The van der Waals surface area contributed by atoms with E-state index < -0.39 is 0 Å². The summed E-state index contributed by atoms with van der Waals surface area (Å²) >= 11 is 0. The third kappa shape index (κ3) is 1.38. The van der Waals surface area contributed by atoms with Crippen LogP contribution in [0.25, 0.3) is 16.6 Å². The number of rotatable bonds is 2. The van der Waals surface area contributed by atoms with Gasteiger partial charge >= 0.3 is 0 Å². The molecular weight excluding hydrogens is 230 g/mol. The number of hydrogen-bond acceptors (Lipinski definition) is 5. The van der Waals surface area contributed by atoms with Crippen LogP contribution >= 0.6 is 0 Å². The number of fused-ring (bicyclic) bond motifs is 3. The molecule has 3 aromatic rings. The minimum absolute atomic E-state index is 0.314. The third-order valence-electron chi connectivity index (χ3n) is 2.87. The van der Waals surface area contributed by atoms with Gasteiger partial charge in [-0.1, -0.05) is 13.0 Å². The number of aromatic nitrogens is 4. The maximum Gasteiger partial charge on any atom is 0.223 e. The van der Waals surface area contributed by atoms with E-state index in [1.807, 2.05) is 25.1 Å². The molecule has 0 aliphatic carbocycles. The maximum atomic E-state index is 5.91. The van der Waals surface area contributed by atoms with Gasteiger partial charge in [0.1, 0.15) is 11.3 Å². The summed E-state index contributed by atoms with van der Waals surface area (Å²) in [5.74, 6) is 1.75. The zero-order valence-electron chi connectivity index (χ0n) is 10.2. The summed E-state index contributed by atoms with van der Waals surface area (Å²) in [6.07, 6.45) is 0.757. The lowest BCUT2D eigenvalue weighted by atomic mass is 10.2. The molecule has 0 aliphatic heterocycles. The molecule has 18 heavy (non-hydrogen) atoms. The van der Waals surface area contributed by atoms with E-state index in [0.29, 0.717) is 22.9 Å². The fourth-order valence-corrected chi connectivity index (χ4v) is 1.98. The van der Waals surface area contributed by atoms with Crippen LogP contribution in [0.1, 0.15) is 12.7 Å². The van der Waals surface area contributed by atoms with Gasteiger partial charge in [-0.05, 0) is 12.1 Å². The van der Waals surface area contributed by atoms with Crippen LogP contribution in [-0.2, 0) is 6.42 Å². The van der Waals surface area contributed by atoms with Crippen LogP contribution in [0.2, 0.25) is 0 Å². The summed E-state index contributed by atoms with van der Waals surface area (Å²) in [5.41, 5.74) is 7.33. The zero-order chi connectivity index (χ0) is 12.7. The molecule has 0 amide bonds. The van der Waals surface area contributed by atoms with E-state index in [2.05, 4.69) is 15.1 Å². The molecule has 0 saturated heterocycles. The van der Waals surface area contributed by atoms with Gasteiger partial charge in [0.05, 0.1) is 7.11 Å². The number of nitrogens with zero attached hydrogens (tertiary/aromatic N) is 4. The molecule has 0 atom stereocenters. The van der Waals surface area contributed by atoms with Crippen molar-refractivity contribution in [3.63, 3.8) is 0 Å². The van der Waals surface area contributed by atoms with Crippen molar-refractivity contribution in [1.29, 1.82) is 0 Å². The summed E-state index contributed by atoms with van der Waals surface area (Å²) in [5, 5.41) is 5.20. The normalized spacial score (nSPS) is 11.2. The van der Waals surface area contributed by atoms with E-state index in [9.17, 15) is 0 Å². The van der Waals surface area contributed by atoms with Crippen molar-refractivity contribution in [1.82, 2.24) is 19.6 Å². The first-order valence-electron chi connectivity index (χ1n) is 5.72. The largest absolute Gasteiger partial charge is 0.494 e. The Hall–Kier alpha value is -2.37. The van der Waals surface area contributed by atoms with Crippen molar-refractivity contribution in [3.8, 4) is 5.75 Å². The summed E-state index contributed by atoms with van der Waals surface area (Å²) in [6, 6.07) is 5.69. The first kappa shape index (κ1) is 10.8. The third-order valence-corrected chi connectivity index (χ3v) is 2.87. The fraction of sp³-hybridized carbons (Fsp3) is 0.250. The van der Waals surface area contributed by atoms with Crippen molar-refractivity contribution >= 4 is 22.5 Å². The molecule has 0 unspecified atom stereocenters. The molecule has 0 spiro atoms. The Morgan fingerprint density at radius 3 is 2.89 bits per heavy atom. The highest BCUT2D eigenvalue weighted by atomic mass is 16.5. The fourth-order valence-electron chi connectivity index (χ4n) is 1.98. The van der Waals surface area contributed by atoms with Crippen LogP contribution in [0.15, 0.2) is 18.2 Å². The molecule has 2 heterocycles. The first-order valence-corrected chi connectivity index (χ1v) is 5.72. The topological polar surface area (TPSA) is 78.3 Å².